The molecule has 5 nitrogen and oxygen atoms in total. The van der Waals surface area contributed by atoms with E-state index in [9.17, 15) is 9.59 Å². The van der Waals surface area contributed by atoms with Gasteiger partial charge in [0.2, 0.25) is 5.91 Å². The summed E-state index contributed by atoms with van der Waals surface area (Å²) in [6, 6.07) is 2.94. The summed E-state index contributed by atoms with van der Waals surface area (Å²) in [6.45, 7) is 1.13. The van der Waals surface area contributed by atoms with E-state index in [4.69, 9.17) is 28.9 Å². The molecule has 0 aromatic heterocycles. The van der Waals surface area contributed by atoms with Gasteiger partial charge in [-0.2, -0.15) is 0 Å². The zero-order chi connectivity index (χ0) is 14.0. The van der Waals surface area contributed by atoms with Crippen molar-refractivity contribution in [3.63, 3.8) is 0 Å². The van der Waals surface area contributed by atoms with E-state index >= 15 is 0 Å². The molecule has 0 bridgehead atoms. The number of anilines is 1. The topological polar surface area (TPSA) is 75.4 Å². The molecule has 0 radical (unpaired) electrons. The van der Waals surface area contributed by atoms with Crippen molar-refractivity contribution in [1.82, 2.24) is 10.2 Å². The van der Waals surface area contributed by atoms with E-state index in [1.54, 1.807) is 0 Å². The summed E-state index contributed by atoms with van der Waals surface area (Å²) in [6.07, 6.45) is 0.717. The van der Waals surface area contributed by atoms with E-state index in [2.05, 4.69) is 5.32 Å². The molecule has 1 aromatic carbocycles. The number of carbonyl (C=O) groups is 2. The monoisotopic (exact) mass is 301 g/mol. The molecule has 0 spiro atoms. The van der Waals surface area contributed by atoms with Crippen molar-refractivity contribution in [2.75, 3.05) is 25.4 Å². The van der Waals surface area contributed by atoms with Crippen molar-refractivity contribution in [3.05, 3.63) is 27.7 Å². The second-order valence-electron chi connectivity index (χ2n) is 4.29. The first-order chi connectivity index (χ1) is 8.99. The fourth-order valence-electron chi connectivity index (χ4n) is 1.90. The van der Waals surface area contributed by atoms with Gasteiger partial charge in [-0.05, 0) is 18.6 Å². The first-order valence-corrected chi connectivity index (χ1v) is 6.55. The average molecular weight is 302 g/mol. The number of halogens is 2. The molecule has 19 heavy (non-hydrogen) atoms. The Labute approximate surface area is 120 Å². The maximum absolute atomic E-state index is 12.3. The lowest BCUT2D eigenvalue weighted by atomic mass is 10.1. The highest BCUT2D eigenvalue weighted by Gasteiger charge is 2.22. The lowest BCUT2D eigenvalue weighted by Gasteiger charge is -2.19. The molecule has 0 saturated carbocycles. The van der Waals surface area contributed by atoms with Gasteiger partial charge in [0.1, 0.15) is 0 Å². The van der Waals surface area contributed by atoms with Crippen LogP contribution in [0.4, 0.5) is 5.69 Å². The van der Waals surface area contributed by atoms with Crippen molar-refractivity contribution in [3.8, 4) is 0 Å². The molecule has 1 fully saturated rings. The largest absolute Gasteiger partial charge is 0.397 e. The summed E-state index contributed by atoms with van der Waals surface area (Å²) < 4.78 is 0. The molecule has 102 valence electrons. The number of amides is 2. The smallest absolute Gasteiger partial charge is 0.254 e. The third kappa shape index (κ3) is 3.11. The van der Waals surface area contributed by atoms with Gasteiger partial charge in [0, 0.05) is 18.7 Å². The number of rotatable bonds is 1. The Morgan fingerprint density at radius 3 is 2.79 bits per heavy atom. The van der Waals surface area contributed by atoms with Crippen molar-refractivity contribution < 1.29 is 9.59 Å². The molecule has 7 heteroatoms. The molecule has 0 unspecified atom stereocenters. The first kappa shape index (κ1) is 14.0. The van der Waals surface area contributed by atoms with E-state index in [0.29, 0.717) is 25.1 Å². The lowest BCUT2D eigenvalue weighted by molar-refractivity contribution is -0.121. The number of carbonyl (C=O) groups excluding carboxylic acids is 2. The minimum atomic E-state index is -0.276. The van der Waals surface area contributed by atoms with E-state index in [1.807, 2.05) is 0 Å². The Morgan fingerprint density at radius 2 is 2.11 bits per heavy atom. The molecule has 0 atom stereocenters. The zero-order valence-electron chi connectivity index (χ0n) is 10.1. The quantitative estimate of drug-likeness (QED) is 0.773. The van der Waals surface area contributed by atoms with Crippen LogP contribution in [0.3, 0.4) is 0 Å². The molecule has 3 N–H and O–H groups in total. The Hall–Kier alpha value is -1.46. The predicted octanol–water partition coefficient (Wildman–Crippen LogP) is 1.54. The maximum Gasteiger partial charge on any atom is 0.254 e. The highest BCUT2D eigenvalue weighted by Crippen LogP contribution is 2.29. The zero-order valence-corrected chi connectivity index (χ0v) is 11.6. The molecule has 1 heterocycles. The molecule has 1 aliphatic heterocycles. The fraction of sp³-hybridized carbons (Fsp3) is 0.333. The summed E-state index contributed by atoms with van der Waals surface area (Å²) in [5, 5.41) is 3.16. The third-order valence-corrected chi connectivity index (χ3v) is 3.67. The Morgan fingerprint density at radius 1 is 1.37 bits per heavy atom. The minimum absolute atomic E-state index is 0.0407. The van der Waals surface area contributed by atoms with Crippen LogP contribution in [0.15, 0.2) is 12.1 Å². The third-order valence-electron chi connectivity index (χ3n) is 2.85. The fourth-order valence-corrected chi connectivity index (χ4v) is 2.23. The molecule has 1 saturated heterocycles. The van der Waals surface area contributed by atoms with Gasteiger partial charge in [-0.15, -0.1) is 0 Å². The van der Waals surface area contributed by atoms with Crippen LogP contribution in [0.5, 0.6) is 0 Å². The van der Waals surface area contributed by atoms with Crippen molar-refractivity contribution in [2.45, 2.75) is 6.42 Å². The second-order valence-corrected chi connectivity index (χ2v) is 5.08. The summed E-state index contributed by atoms with van der Waals surface area (Å²) in [5.74, 6) is -0.443. The number of nitrogens with one attached hydrogen (secondary N) is 1. The van der Waals surface area contributed by atoms with Crippen molar-refractivity contribution in [2.24, 2.45) is 0 Å². The van der Waals surface area contributed by atoms with E-state index in [-0.39, 0.29) is 34.1 Å². The summed E-state index contributed by atoms with van der Waals surface area (Å²) in [4.78, 5) is 25.2. The maximum atomic E-state index is 12.3. The van der Waals surface area contributed by atoms with Crippen LogP contribution in [0.1, 0.15) is 16.8 Å². The Balaban J connectivity index is 2.25. The minimum Gasteiger partial charge on any atom is -0.397 e. The molecule has 2 amide bonds. The van der Waals surface area contributed by atoms with Crippen LogP contribution < -0.4 is 11.1 Å². The standard InChI is InChI=1S/C12H13Cl2N3O2/c13-8-4-7(5-9(15)11(8)14)12(19)17-3-1-2-16-10(18)6-17/h4-5H,1-3,6,15H2,(H,16,18). The van der Waals surface area contributed by atoms with Gasteiger partial charge < -0.3 is 16.0 Å². The molecular weight excluding hydrogens is 289 g/mol. The molecule has 1 aliphatic rings. The average Bonchev–Trinajstić information content (AvgIpc) is 2.59. The predicted molar refractivity (Wildman–Crippen MR) is 74.4 cm³/mol. The normalized spacial score (nSPS) is 15.9. The molecular formula is C12H13Cl2N3O2. The van der Waals surface area contributed by atoms with E-state index < -0.39 is 0 Å². The summed E-state index contributed by atoms with van der Waals surface area (Å²) in [5.41, 5.74) is 6.26. The van der Waals surface area contributed by atoms with Gasteiger partial charge in [-0.1, -0.05) is 23.2 Å². The van der Waals surface area contributed by atoms with Crippen LogP contribution in [-0.4, -0.2) is 36.3 Å². The number of nitrogens with zero attached hydrogens (tertiary/aromatic N) is 1. The first-order valence-electron chi connectivity index (χ1n) is 5.79. The summed E-state index contributed by atoms with van der Waals surface area (Å²) in [7, 11) is 0. The molecule has 2 rings (SSSR count). The number of nitrogen functional groups attached to an aromatic ring is 1. The van der Waals surface area contributed by atoms with Crippen LogP contribution in [0, 0.1) is 0 Å². The van der Waals surface area contributed by atoms with E-state index in [0.717, 1.165) is 0 Å². The van der Waals surface area contributed by atoms with Gasteiger partial charge in [-0.3, -0.25) is 9.59 Å². The van der Waals surface area contributed by atoms with Gasteiger partial charge in [0.15, 0.2) is 0 Å². The van der Waals surface area contributed by atoms with Crippen LogP contribution in [0.25, 0.3) is 0 Å². The van der Waals surface area contributed by atoms with Crippen LogP contribution in [-0.2, 0) is 4.79 Å². The number of benzene rings is 1. The van der Waals surface area contributed by atoms with Crippen LogP contribution in [0.2, 0.25) is 10.0 Å². The van der Waals surface area contributed by atoms with Gasteiger partial charge in [-0.25, -0.2) is 0 Å². The highest BCUT2D eigenvalue weighted by atomic mass is 35.5. The highest BCUT2D eigenvalue weighted by molar-refractivity contribution is 6.43. The summed E-state index contributed by atoms with van der Waals surface area (Å²) >= 11 is 11.7. The SMILES string of the molecule is Nc1cc(C(=O)N2CCCNC(=O)C2)cc(Cl)c1Cl. The van der Waals surface area contributed by atoms with Crippen LogP contribution >= 0.6 is 23.2 Å². The molecule has 0 aliphatic carbocycles. The Bertz CT molecular complexity index is 511. The van der Waals surface area contributed by atoms with Gasteiger partial charge in [0.05, 0.1) is 22.3 Å². The Kier molecular flexibility index (Phi) is 4.17. The van der Waals surface area contributed by atoms with Crippen molar-refractivity contribution >= 4 is 40.7 Å². The second kappa shape index (κ2) is 5.67. The number of hydrogen-bond acceptors (Lipinski definition) is 3. The lowest BCUT2D eigenvalue weighted by Crippen LogP contribution is -2.37. The van der Waals surface area contributed by atoms with Gasteiger partial charge in [0.25, 0.3) is 5.91 Å². The number of hydrogen-bond donors (Lipinski definition) is 2. The van der Waals surface area contributed by atoms with Crippen molar-refractivity contribution in [1.29, 1.82) is 0 Å². The molecule has 1 aromatic rings. The van der Waals surface area contributed by atoms with E-state index in [1.165, 1.54) is 17.0 Å². The van der Waals surface area contributed by atoms with Gasteiger partial charge >= 0.3 is 0 Å². The number of nitrogens with two attached hydrogens (primary N) is 1.